The smallest absolute Gasteiger partial charge is 0.351 e. The van der Waals surface area contributed by atoms with Gasteiger partial charge >= 0.3 is 5.97 Å². The Morgan fingerprint density at radius 1 is 1.17 bits per heavy atom. The van der Waals surface area contributed by atoms with Crippen LogP contribution in [0.4, 0.5) is 10.1 Å². The first-order valence-corrected chi connectivity index (χ1v) is 10.0. The molecule has 0 aliphatic heterocycles. The van der Waals surface area contributed by atoms with Crippen LogP contribution in [0.25, 0.3) is 10.6 Å². The predicted octanol–water partition coefficient (Wildman–Crippen LogP) is 5.00. The second-order valence-corrected chi connectivity index (χ2v) is 7.50. The zero-order valence-corrected chi connectivity index (χ0v) is 17.2. The molecule has 150 valence electrons. The fourth-order valence-electron chi connectivity index (χ4n) is 2.66. The van der Waals surface area contributed by atoms with E-state index in [1.807, 2.05) is 24.3 Å². The van der Waals surface area contributed by atoms with Gasteiger partial charge in [-0.3, -0.25) is 4.79 Å². The van der Waals surface area contributed by atoms with Crippen LogP contribution < -0.4 is 5.32 Å². The second-order valence-electron chi connectivity index (χ2n) is 6.50. The van der Waals surface area contributed by atoms with E-state index in [9.17, 15) is 14.0 Å². The largest absolute Gasteiger partial charge is 0.448 e. The monoisotopic (exact) mass is 412 g/mol. The Kier molecular flexibility index (Phi) is 6.39. The van der Waals surface area contributed by atoms with Crippen LogP contribution in [0.1, 0.15) is 34.8 Å². The number of anilines is 1. The molecule has 1 unspecified atom stereocenters. The van der Waals surface area contributed by atoms with Crippen molar-refractivity contribution in [2.75, 3.05) is 5.32 Å². The normalized spacial score (nSPS) is 11.7. The number of amides is 1. The van der Waals surface area contributed by atoms with Gasteiger partial charge in [-0.2, -0.15) is 0 Å². The fraction of sp³-hybridized carbons (Fsp3) is 0.227. The number of halogens is 1. The van der Waals surface area contributed by atoms with E-state index in [-0.39, 0.29) is 5.69 Å². The topological polar surface area (TPSA) is 68.3 Å². The zero-order chi connectivity index (χ0) is 21.0. The first kappa shape index (κ1) is 20.7. The molecule has 1 atom stereocenters. The van der Waals surface area contributed by atoms with Crippen LogP contribution in [0, 0.1) is 12.7 Å². The van der Waals surface area contributed by atoms with E-state index < -0.39 is 23.8 Å². The number of hydrogen-bond acceptors (Lipinski definition) is 5. The van der Waals surface area contributed by atoms with Crippen LogP contribution in [-0.2, 0) is 16.0 Å². The molecule has 3 aromatic rings. The summed E-state index contributed by atoms with van der Waals surface area (Å²) >= 11 is 1.22. The maximum Gasteiger partial charge on any atom is 0.351 e. The van der Waals surface area contributed by atoms with Gasteiger partial charge in [0.1, 0.15) is 15.7 Å². The van der Waals surface area contributed by atoms with Crippen LogP contribution in [0.2, 0.25) is 0 Å². The number of carbonyl (C=O) groups is 2. The van der Waals surface area contributed by atoms with Gasteiger partial charge in [0, 0.05) is 5.56 Å². The summed E-state index contributed by atoms with van der Waals surface area (Å²) in [6.45, 7) is 5.25. The Bertz CT molecular complexity index is 1030. The molecular formula is C22H21FN2O3S. The van der Waals surface area contributed by atoms with Crippen LogP contribution in [0.3, 0.4) is 0 Å². The average Bonchev–Trinajstić information content (AvgIpc) is 3.11. The number of hydrogen-bond donors (Lipinski definition) is 1. The summed E-state index contributed by atoms with van der Waals surface area (Å²) in [5, 5.41) is 3.13. The highest BCUT2D eigenvalue weighted by atomic mass is 32.1. The molecule has 0 radical (unpaired) electrons. The molecular weight excluding hydrogens is 391 g/mol. The highest BCUT2D eigenvalue weighted by Crippen LogP contribution is 2.29. The lowest BCUT2D eigenvalue weighted by atomic mass is 10.1. The molecule has 0 saturated heterocycles. The molecule has 0 fully saturated rings. The van der Waals surface area contributed by atoms with Crippen molar-refractivity contribution in [3.05, 3.63) is 70.5 Å². The fourth-order valence-corrected chi connectivity index (χ4v) is 3.61. The van der Waals surface area contributed by atoms with Crippen molar-refractivity contribution in [3.8, 4) is 10.6 Å². The summed E-state index contributed by atoms with van der Waals surface area (Å²) in [4.78, 5) is 29.6. The number of nitrogens with zero attached hydrogens (tertiary/aromatic N) is 1. The highest BCUT2D eigenvalue weighted by molar-refractivity contribution is 7.17. The maximum atomic E-state index is 13.7. The van der Waals surface area contributed by atoms with Crippen molar-refractivity contribution in [1.29, 1.82) is 0 Å². The van der Waals surface area contributed by atoms with Crippen molar-refractivity contribution in [1.82, 2.24) is 4.98 Å². The number of ether oxygens (including phenoxy) is 1. The van der Waals surface area contributed by atoms with Crippen LogP contribution in [-0.4, -0.2) is 23.0 Å². The molecule has 0 spiro atoms. The van der Waals surface area contributed by atoms with Gasteiger partial charge < -0.3 is 10.1 Å². The van der Waals surface area contributed by atoms with Gasteiger partial charge in [-0.05, 0) is 38.0 Å². The molecule has 29 heavy (non-hydrogen) atoms. The van der Waals surface area contributed by atoms with E-state index in [0.29, 0.717) is 15.6 Å². The number of esters is 1. The van der Waals surface area contributed by atoms with Crippen molar-refractivity contribution >= 4 is 28.9 Å². The van der Waals surface area contributed by atoms with Gasteiger partial charge in [-0.15, -0.1) is 11.3 Å². The van der Waals surface area contributed by atoms with E-state index in [2.05, 4.69) is 17.2 Å². The van der Waals surface area contributed by atoms with Crippen LogP contribution in [0.15, 0.2) is 48.5 Å². The third-order valence-electron chi connectivity index (χ3n) is 4.38. The molecule has 1 N–H and O–H groups in total. The number of nitrogens with one attached hydrogen (secondary N) is 1. The van der Waals surface area contributed by atoms with Crippen LogP contribution >= 0.6 is 11.3 Å². The lowest BCUT2D eigenvalue weighted by Crippen LogP contribution is -2.30. The van der Waals surface area contributed by atoms with Gasteiger partial charge in [0.05, 0.1) is 11.4 Å². The van der Waals surface area contributed by atoms with Gasteiger partial charge in [0.2, 0.25) is 0 Å². The van der Waals surface area contributed by atoms with E-state index in [0.717, 1.165) is 12.0 Å². The molecule has 0 bridgehead atoms. The summed E-state index contributed by atoms with van der Waals surface area (Å²) in [7, 11) is 0. The number of benzene rings is 2. The number of rotatable bonds is 6. The Hall–Kier alpha value is -3.06. The van der Waals surface area contributed by atoms with E-state index in [1.54, 1.807) is 13.0 Å². The lowest BCUT2D eigenvalue weighted by Gasteiger charge is -2.13. The third-order valence-corrected chi connectivity index (χ3v) is 5.56. The van der Waals surface area contributed by atoms with Crippen molar-refractivity contribution < 1.29 is 18.7 Å². The molecule has 1 amide bonds. The lowest BCUT2D eigenvalue weighted by molar-refractivity contribution is -0.123. The Morgan fingerprint density at radius 3 is 2.52 bits per heavy atom. The molecule has 5 nitrogen and oxygen atoms in total. The first-order chi connectivity index (χ1) is 13.9. The molecule has 3 rings (SSSR count). The number of thiazole rings is 1. The number of carbonyl (C=O) groups excluding carboxylic acids is 2. The first-order valence-electron chi connectivity index (χ1n) is 9.22. The van der Waals surface area contributed by atoms with Crippen molar-refractivity contribution in [2.24, 2.45) is 0 Å². The molecule has 0 aliphatic rings. The standard InChI is InChI=1S/C22H21FN2O3S/c1-4-15-9-11-16(12-10-15)21-24-13(2)19(29-21)22(27)28-14(3)20(26)25-18-8-6-5-7-17(18)23/h5-12,14H,4H2,1-3H3,(H,25,26). The minimum absolute atomic E-state index is 0.0344. The molecule has 7 heteroatoms. The Labute approximate surface area is 172 Å². The van der Waals surface area contributed by atoms with Crippen LogP contribution in [0.5, 0.6) is 0 Å². The van der Waals surface area contributed by atoms with Crippen molar-refractivity contribution in [3.63, 3.8) is 0 Å². The summed E-state index contributed by atoms with van der Waals surface area (Å²) < 4.78 is 19.0. The predicted molar refractivity (Wildman–Crippen MR) is 112 cm³/mol. The summed E-state index contributed by atoms with van der Waals surface area (Å²) in [5.41, 5.74) is 2.71. The van der Waals surface area contributed by atoms with E-state index in [4.69, 9.17) is 4.74 Å². The molecule has 1 heterocycles. The number of aromatic nitrogens is 1. The maximum absolute atomic E-state index is 13.7. The SMILES string of the molecule is CCc1ccc(-c2nc(C)c(C(=O)OC(C)C(=O)Nc3ccccc3F)s2)cc1. The molecule has 0 saturated carbocycles. The summed E-state index contributed by atoms with van der Waals surface area (Å²) in [6.07, 6.45) is -0.141. The summed E-state index contributed by atoms with van der Waals surface area (Å²) in [5.74, 6) is -1.80. The van der Waals surface area contributed by atoms with E-state index >= 15 is 0 Å². The summed E-state index contributed by atoms with van der Waals surface area (Å²) in [6, 6.07) is 13.8. The van der Waals surface area contributed by atoms with Gasteiger partial charge in [-0.1, -0.05) is 43.3 Å². The van der Waals surface area contributed by atoms with E-state index in [1.165, 1.54) is 42.0 Å². The molecule has 2 aromatic carbocycles. The van der Waals surface area contributed by atoms with Gasteiger partial charge in [0.25, 0.3) is 5.91 Å². The van der Waals surface area contributed by atoms with Gasteiger partial charge in [0.15, 0.2) is 6.10 Å². The average molecular weight is 412 g/mol. The quantitative estimate of drug-likeness (QED) is 0.578. The Balaban J connectivity index is 1.69. The van der Waals surface area contributed by atoms with Crippen molar-refractivity contribution in [2.45, 2.75) is 33.3 Å². The Morgan fingerprint density at radius 2 is 1.86 bits per heavy atom. The minimum Gasteiger partial charge on any atom is -0.448 e. The number of aryl methyl sites for hydroxylation is 2. The molecule has 0 aliphatic carbocycles. The zero-order valence-electron chi connectivity index (χ0n) is 16.4. The second kappa shape index (κ2) is 8.96. The van der Waals surface area contributed by atoms with Gasteiger partial charge in [-0.25, -0.2) is 14.2 Å². The number of para-hydroxylation sites is 1. The molecule has 1 aromatic heterocycles. The minimum atomic E-state index is -1.09. The third kappa shape index (κ3) is 4.86. The highest BCUT2D eigenvalue weighted by Gasteiger charge is 2.23.